The standard InChI is InChI=1S/C20H19BrNO3.HI/c1-11-4-6-22(7-5-11)9-14-10-24-18-13(3)19-15(8-16(14)18)12(2)17(21)20(23)25-19;/h4-8,14H,9-10H2,1-3H3;1H/q+1;/p-1. The van der Waals surface area contributed by atoms with Gasteiger partial charge in [0.15, 0.2) is 18.9 Å². The zero-order valence-electron chi connectivity index (χ0n) is 14.8. The van der Waals surface area contributed by atoms with Crippen molar-refractivity contribution in [1.82, 2.24) is 0 Å². The Labute approximate surface area is 177 Å². The van der Waals surface area contributed by atoms with Crippen molar-refractivity contribution < 1.29 is 37.7 Å². The van der Waals surface area contributed by atoms with Gasteiger partial charge in [-0.1, -0.05) is 0 Å². The van der Waals surface area contributed by atoms with Crippen LogP contribution < -0.4 is 38.9 Å². The highest BCUT2D eigenvalue weighted by Crippen LogP contribution is 2.41. The van der Waals surface area contributed by atoms with Crippen molar-refractivity contribution in [2.75, 3.05) is 6.61 Å². The zero-order valence-corrected chi connectivity index (χ0v) is 18.5. The fraction of sp³-hybridized carbons (Fsp3) is 0.300. The van der Waals surface area contributed by atoms with Gasteiger partial charge in [-0.3, -0.25) is 0 Å². The largest absolute Gasteiger partial charge is 1.00 e. The minimum Gasteiger partial charge on any atom is -1.00 e. The lowest BCUT2D eigenvalue weighted by molar-refractivity contribution is -0.699. The molecule has 4 rings (SSSR count). The number of benzene rings is 1. The van der Waals surface area contributed by atoms with Crippen molar-refractivity contribution in [3.8, 4) is 5.75 Å². The van der Waals surface area contributed by atoms with E-state index in [2.05, 4.69) is 58.0 Å². The first-order chi connectivity index (χ1) is 12.0. The first kappa shape index (κ1) is 19.4. The van der Waals surface area contributed by atoms with Gasteiger partial charge >= 0.3 is 5.63 Å². The number of hydrogen-bond acceptors (Lipinski definition) is 3. The molecule has 0 N–H and O–H groups in total. The smallest absolute Gasteiger partial charge is 0.350 e. The number of nitrogens with zero attached hydrogens (tertiary/aromatic N) is 1. The first-order valence-corrected chi connectivity index (χ1v) is 9.10. The van der Waals surface area contributed by atoms with Crippen LogP contribution in [0.15, 0.2) is 44.3 Å². The van der Waals surface area contributed by atoms with Gasteiger partial charge in [0, 0.05) is 28.6 Å². The fourth-order valence-electron chi connectivity index (χ4n) is 3.45. The van der Waals surface area contributed by atoms with Crippen LogP contribution in [0, 0.1) is 20.8 Å². The van der Waals surface area contributed by atoms with Crippen molar-refractivity contribution in [2.24, 2.45) is 0 Å². The number of pyridine rings is 1. The Balaban J connectivity index is 0.00000196. The molecule has 1 atom stereocenters. The third-order valence-electron chi connectivity index (χ3n) is 4.95. The quantitative estimate of drug-likeness (QED) is 0.283. The summed E-state index contributed by atoms with van der Waals surface area (Å²) in [4.78, 5) is 12.0. The molecule has 0 saturated carbocycles. The molecule has 3 heterocycles. The van der Waals surface area contributed by atoms with Crippen LogP contribution in [0.25, 0.3) is 11.0 Å². The Morgan fingerprint density at radius 3 is 2.58 bits per heavy atom. The van der Waals surface area contributed by atoms with Crippen molar-refractivity contribution in [3.63, 3.8) is 0 Å². The van der Waals surface area contributed by atoms with Gasteiger partial charge in [0.1, 0.15) is 22.4 Å². The van der Waals surface area contributed by atoms with Gasteiger partial charge in [-0.15, -0.1) is 0 Å². The van der Waals surface area contributed by atoms with E-state index in [4.69, 9.17) is 9.15 Å². The van der Waals surface area contributed by atoms with Crippen molar-refractivity contribution in [1.29, 1.82) is 0 Å². The van der Waals surface area contributed by atoms with Crippen LogP contribution in [0.4, 0.5) is 0 Å². The van der Waals surface area contributed by atoms with Crippen LogP contribution in [0.3, 0.4) is 0 Å². The molecule has 0 bridgehead atoms. The van der Waals surface area contributed by atoms with Gasteiger partial charge in [-0.2, -0.15) is 0 Å². The maximum atomic E-state index is 12.0. The topological polar surface area (TPSA) is 43.3 Å². The van der Waals surface area contributed by atoms with Crippen molar-refractivity contribution in [3.05, 3.63) is 67.7 Å². The van der Waals surface area contributed by atoms with E-state index in [1.54, 1.807) is 0 Å². The molecule has 6 heteroatoms. The number of rotatable bonds is 2. The summed E-state index contributed by atoms with van der Waals surface area (Å²) in [6.07, 6.45) is 4.20. The van der Waals surface area contributed by atoms with Gasteiger partial charge < -0.3 is 33.1 Å². The van der Waals surface area contributed by atoms with Crippen molar-refractivity contribution in [2.45, 2.75) is 33.2 Å². The minimum absolute atomic E-state index is 0. The Morgan fingerprint density at radius 2 is 1.88 bits per heavy atom. The van der Waals surface area contributed by atoms with E-state index in [-0.39, 0.29) is 35.5 Å². The van der Waals surface area contributed by atoms with Gasteiger partial charge in [-0.25, -0.2) is 9.36 Å². The third kappa shape index (κ3) is 3.17. The fourth-order valence-corrected chi connectivity index (χ4v) is 3.75. The van der Waals surface area contributed by atoms with Crippen LogP contribution in [0.5, 0.6) is 5.75 Å². The molecule has 4 nitrogen and oxygen atoms in total. The minimum atomic E-state index is -0.349. The summed E-state index contributed by atoms with van der Waals surface area (Å²) >= 11 is 3.34. The lowest BCUT2D eigenvalue weighted by Gasteiger charge is -2.11. The summed E-state index contributed by atoms with van der Waals surface area (Å²) in [6, 6.07) is 6.34. The lowest BCUT2D eigenvalue weighted by Crippen LogP contribution is -3.00. The molecular formula is C20H19BrINO3. The average Bonchev–Trinajstić information content (AvgIpc) is 2.99. The van der Waals surface area contributed by atoms with Gasteiger partial charge in [0.25, 0.3) is 0 Å². The van der Waals surface area contributed by atoms with E-state index in [1.165, 1.54) is 11.1 Å². The summed E-state index contributed by atoms with van der Waals surface area (Å²) < 4.78 is 14.1. The monoisotopic (exact) mass is 527 g/mol. The van der Waals surface area contributed by atoms with Crippen molar-refractivity contribution >= 4 is 26.9 Å². The molecule has 1 aromatic carbocycles. The Hall–Kier alpha value is -1.41. The highest BCUT2D eigenvalue weighted by atomic mass is 127. The number of aryl methyl sites for hydroxylation is 3. The average molecular weight is 528 g/mol. The number of ether oxygens (including phenoxy) is 1. The van der Waals surface area contributed by atoms with E-state index in [0.29, 0.717) is 16.7 Å². The summed E-state index contributed by atoms with van der Waals surface area (Å²) in [5.41, 5.74) is 4.51. The van der Waals surface area contributed by atoms with E-state index in [9.17, 15) is 4.79 Å². The maximum absolute atomic E-state index is 12.0. The van der Waals surface area contributed by atoms with Crippen LogP contribution in [0.1, 0.15) is 28.2 Å². The second-order valence-electron chi connectivity index (χ2n) is 6.71. The molecule has 2 aromatic heterocycles. The molecule has 0 fully saturated rings. The predicted molar refractivity (Wildman–Crippen MR) is 99.3 cm³/mol. The lowest BCUT2D eigenvalue weighted by atomic mass is 9.95. The number of fused-ring (bicyclic) bond motifs is 2. The Kier molecular flexibility index (Phi) is 5.44. The first-order valence-electron chi connectivity index (χ1n) is 8.30. The Morgan fingerprint density at radius 1 is 1.19 bits per heavy atom. The molecule has 0 saturated heterocycles. The summed E-state index contributed by atoms with van der Waals surface area (Å²) in [6.45, 7) is 7.48. The molecule has 0 spiro atoms. The molecule has 0 radical (unpaired) electrons. The second kappa shape index (κ2) is 7.31. The molecule has 0 aliphatic carbocycles. The predicted octanol–water partition coefficient (Wildman–Crippen LogP) is 0.948. The normalized spacial score (nSPS) is 15.5. The van der Waals surface area contributed by atoms with Crippen LogP contribution >= 0.6 is 15.9 Å². The molecule has 0 amide bonds. The maximum Gasteiger partial charge on any atom is 0.350 e. The van der Waals surface area contributed by atoms with E-state index in [1.807, 2.05) is 13.8 Å². The van der Waals surface area contributed by atoms with E-state index < -0.39 is 0 Å². The molecule has 136 valence electrons. The molecule has 26 heavy (non-hydrogen) atoms. The highest BCUT2D eigenvalue weighted by molar-refractivity contribution is 9.10. The SMILES string of the molecule is Cc1cc[n+](CC2COc3c2cc2c(C)c(Br)c(=O)oc2c3C)cc1.[I-]. The van der Waals surface area contributed by atoms with Crippen LogP contribution in [-0.4, -0.2) is 6.61 Å². The summed E-state index contributed by atoms with van der Waals surface area (Å²) in [7, 11) is 0. The molecule has 1 aliphatic heterocycles. The van der Waals surface area contributed by atoms with Gasteiger partial charge in [-0.05, 0) is 53.9 Å². The number of halogens is 2. The number of hydrogen-bond donors (Lipinski definition) is 0. The summed E-state index contributed by atoms with van der Waals surface area (Å²) in [5.74, 6) is 1.13. The zero-order chi connectivity index (χ0) is 17.7. The van der Waals surface area contributed by atoms with E-state index >= 15 is 0 Å². The Bertz CT molecular complexity index is 1040. The van der Waals surface area contributed by atoms with Crippen LogP contribution in [0.2, 0.25) is 0 Å². The van der Waals surface area contributed by atoms with Gasteiger partial charge in [0.2, 0.25) is 0 Å². The van der Waals surface area contributed by atoms with E-state index in [0.717, 1.165) is 28.8 Å². The molecule has 1 unspecified atom stereocenters. The molecule has 3 aromatic rings. The summed E-state index contributed by atoms with van der Waals surface area (Å²) in [5, 5.41) is 0.965. The second-order valence-corrected chi connectivity index (χ2v) is 7.50. The molecular weight excluding hydrogens is 509 g/mol. The van der Waals surface area contributed by atoms with Crippen LogP contribution in [-0.2, 0) is 6.54 Å². The number of aromatic nitrogens is 1. The molecule has 1 aliphatic rings. The highest BCUT2D eigenvalue weighted by Gasteiger charge is 2.31. The van der Waals surface area contributed by atoms with Gasteiger partial charge in [0.05, 0.1) is 5.92 Å². The third-order valence-corrected chi connectivity index (χ3v) is 5.87.